The molecule has 0 radical (unpaired) electrons. The second-order valence-electron chi connectivity index (χ2n) is 2.48. The molecule has 2 atom stereocenters. The third-order valence-electron chi connectivity index (χ3n) is 1.71. The molecule has 2 N–H and O–H groups in total. The lowest BCUT2D eigenvalue weighted by Gasteiger charge is -2.09. The average Bonchev–Trinajstić information content (AvgIpc) is 2.12. The summed E-state index contributed by atoms with van der Waals surface area (Å²) in [5.74, 6) is 0.620. The van der Waals surface area contributed by atoms with Crippen molar-refractivity contribution in [3.63, 3.8) is 0 Å². The first-order chi connectivity index (χ1) is 3.80. The molecular formula is C6H14ClNO. The van der Waals surface area contributed by atoms with Crippen LogP contribution in [-0.2, 0) is 4.74 Å². The van der Waals surface area contributed by atoms with Crippen molar-refractivity contribution in [3.8, 4) is 0 Å². The molecular weight excluding hydrogens is 138 g/mol. The fourth-order valence-electron chi connectivity index (χ4n) is 0.967. The Morgan fingerprint density at radius 1 is 1.67 bits per heavy atom. The van der Waals surface area contributed by atoms with Gasteiger partial charge >= 0.3 is 0 Å². The minimum Gasteiger partial charge on any atom is -0.381 e. The highest BCUT2D eigenvalue weighted by atomic mass is 35.5. The van der Waals surface area contributed by atoms with Crippen molar-refractivity contribution in [3.05, 3.63) is 0 Å². The molecule has 1 saturated heterocycles. The summed E-state index contributed by atoms with van der Waals surface area (Å²) in [6, 6.07) is 0.317. The van der Waals surface area contributed by atoms with Crippen LogP contribution in [-0.4, -0.2) is 19.3 Å². The van der Waals surface area contributed by atoms with Gasteiger partial charge in [-0.3, -0.25) is 0 Å². The molecule has 3 heteroatoms. The number of hydrogen-bond donors (Lipinski definition) is 1. The standard InChI is InChI=1S/C6H13NO.ClH/c1-5(7)6-2-3-8-4-6;/h5-6H,2-4,7H2,1H3;1H/t5-,6?;/m0./s1. The summed E-state index contributed by atoms with van der Waals surface area (Å²) < 4.78 is 5.14. The molecule has 0 aromatic heterocycles. The van der Waals surface area contributed by atoms with E-state index in [1.165, 1.54) is 0 Å². The minimum atomic E-state index is 0. The van der Waals surface area contributed by atoms with Crippen molar-refractivity contribution < 1.29 is 4.74 Å². The first-order valence-electron chi connectivity index (χ1n) is 3.14. The summed E-state index contributed by atoms with van der Waals surface area (Å²) in [6.07, 6.45) is 1.15. The monoisotopic (exact) mass is 151 g/mol. The van der Waals surface area contributed by atoms with Crippen molar-refractivity contribution in [2.45, 2.75) is 19.4 Å². The summed E-state index contributed by atoms with van der Waals surface area (Å²) in [4.78, 5) is 0. The second kappa shape index (κ2) is 4.09. The van der Waals surface area contributed by atoms with Crippen molar-refractivity contribution in [2.75, 3.05) is 13.2 Å². The number of rotatable bonds is 1. The zero-order valence-corrected chi connectivity index (χ0v) is 6.49. The van der Waals surface area contributed by atoms with Gasteiger partial charge in [0.25, 0.3) is 0 Å². The van der Waals surface area contributed by atoms with E-state index in [1.807, 2.05) is 6.92 Å². The lowest BCUT2D eigenvalue weighted by Crippen LogP contribution is -2.26. The van der Waals surface area contributed by atoms with Gasteiger partial charge in [0.2, 0.25) is 0 Å². The second-order valence-corrected chi connectivity index (χ2v) is 2.48. The predicted molar refractivity (Wildman–Crippen MR) is 39.8 cm³/mol. The molecule has 1 unspecified atom stereocenters. The number of hydrogen-bond acceptors (Lipinski definition) is 2. The van der Waals surface area contributed by atoms with E-state index in [0.717, 1.165) is 19.6 Å². The van der Waals surface area contributed by atoms with Gasteiger partial charge in [-0.05, 0) is 19.3 Å². The molecule has 0 aliphatic carbocycles. The maximum atomic E-state index is 5.62. The van der Waals surface area contributed by atoms with Crippen molar-refractivity contribution >= 4 is 12.4 Å². The Balaban J connectivity index is 0.000000640. The zero-order chi connectivity index (χ0) is 5.98. The first-order valence-corrected chi connectivity index (χ1v) is 3.14. The predicted octanol–water partition coefficient (Wildman–Crippen LogP) is 0.792. The summed E-state index contributed by atoms with van der Waals surface area (Å²) in [7, 11) is 0. The van der Waals surface area contributed by atoms with E-state index in [9.17, 15) is 0 Å². The number of ether oxygens (including phenoxy) is 1. The highest BCUT2D eigenvalue weighted by Gasteiger charge is 2.18. The summed E-state index contributed by atoms with van der Waals surface area (Å²) in [5.41, 5.74) is 5.62. The Kier molecular flexibility index (Phi) is 4.19. The molecule has 1 heterocycles. The van der Waals surface area contributed by atoms with Crippen LogP contribution >= 0.6 is 12.4 Å². The Hall–Kier alpha value is 0.210. The molecule has 0 spiro atoms. The molecule has 0 aromatic carbocycles. The molecule has 1 rings (SSSR count). The van der Waals surface area contributed by atoms with Crippen LogP contribution in [0.4, 0.5) is 0 Å². The Morgan fingerprint density at radius 3 is 2.56 bits per heavy atom. The fraction of sp³-hybridized carbons (Fsp3) is 1.00. The quantitative estimate of drug-likeness (QED) is 0.602. The van der Waals surface area contributed by atoms with Crippen LogP contribution in [0, 0.1) is 5.92 Å². The van der Waals surface area contributed by atoms with E-state index in [0.29, 0.717) is 12.0 Å². The van der Waals surface area contributed by atoms with Crippen LogP contribution in [0.15, 0.2) is 0 Å². The van der Waals surface area contributed by atoms with E-state index in [-0.39, 0.29) is 12.4 Å². The van der Waals surface area contributed by atoms with E-state index >= 15 is 0 Å². The van der Waals surface area contributed by atoms with Crippen LogP contribution < -0.4 is 5.73 Å². The Morgan fingerprint density at radius 2 is 2.33 bits per heavy atom. The van der Waals surface area contributed by atoms with Crippen molar-refractivity contribution in [1.29, 1.82) is 0 Å². The van der Waals surface area contributed by atoms with Gasteiger partial charge in [0.1, 0.15) is 0 Å². The van der Waals surface area contributed by atoms with Crippen LogP contribution in [0.3, 0.4) is 0 Å². The van der Waals surface area contributed by atoms with Crippen LogP contribution in [0.1, 0.15) is 13.3 Å². The van der Waals surface area contributed by atoms with E-state index in [1.54, 1.807) is 0 Å². The van der Waals surface area contributed by atoms with Crippen LogP contribution in [0.25, 0.3) is 0 Å². The molecule has 1 aliphatic heterocycles. The van der Waals surface area contributed by atoms with E-state index in [4.69, 9.17) is 10.5 Å². The van der Waals surface area contributed by atoms with Gasteiger partial charge < -0.3 is 10.5 Å². The molecule has 0 saturated carbocycles. The van der Waals surface area contributed by atoms with E-state index in [2.05, 4.69) is 0 Å². The lowest BCUT2D eigenvalue weighted by atomic mass is 10.0. The Bertz CT molecular complexity index is 71.5. The van der Waals surface area contributed by atoms with Crippen molar-refractivity contribution in [2.24, 2.45) is 11.7 Å². The van der Waals surface area contributed by atoms with Gasteiger partial charge in [-0.25, -0.2) is 0 Å². The first kappa shape index (κ1) is 9.21. The Labute approximate surface area is 62.2 Å². The SMILES string of the molecule is C[C@H](N)C1CCOC1.Cl. The highest BCUT2D eigenvalue weighted by Crippen LogP contribution is 2.14. The fourth-order valence-corrected chi connectivity index (χ4v) is 0.967. The highest BCUT2D eigenvalue weighted by molar-refractivity contribution is 5.85. The molecule has 1 aliphatic rings. The van der Waals surface area contributed by atoms with Gasteiger partial charge in [0.15, 0.2) is 0 Å². The van der Waals surface area contributed by atoms with Gasteiger partial charge in [-0.1, -0.05) is 0 Å². The molecule has 0 bridgehead atoms. The van der Waals surface area contributed by atoms with Crippen LogP contribution in [0.5, 0.6) is 0 Å². The summed E-state index contributed by atoms with van der Waals surface area (Å²) in [6.45, 7) is 3.82. The minimum absolute atomic E-state index is 0. The molecule has 9 heavy (non-hydrogen) atoms. The number of halogens is 1. The third kappa shape index (κ3) is 2.52. The molecule has 0 aromatic rings. The smallest absolute Gasteiger partial charge is 0.0509 e. The molecule has 2 nitrogen and oxygen atoms in total. The molecule has 0 amide bonds. The summed E-state index contributed by atoms with van der Waals surface area (Å²) in [5, 5.41) is 0. The zero-order valence-electron chi connectivity index (χ0n) is 5.67. The normalized spacial score (nSPS) is 29.3. The maximum Gasteiger partial charge on any atom is 0.0509 e. The maximum absolute atomic E-state index is 5.62. The summed E-state index contributed by atoms with van der Waals surface area (Å²) >= 11 is 0. The van der Waals surface area contributed by atoms with Gasteiger partial charge in [-0.2, -0.15) is 0 Å². The molecule has 56 valence electrons. The topological polar surface area (TPSA) is 35.2 Å². The van der Waals surface area contributed by atoms with Gasteiger partial charge in [0.05, 0.1) is 6.61 Å². The van der Waals surface area contributed by atoms with Gasteiger partial charge in [0, 0.05) is 12.6 Å². The van der Waals surface area contributed by atoms with E-state index < -0.39 is 0 Å². The molecule has 1 fully saturated rings. The van der Waals surface area contributed by atoms with Crippen LogP contribution in [0.2, 0.25) is 0 Å². The van der Waals surface area contributed by atoms with Crippen molar-refractivity contribution in [1.82, 2.24) is 0 Å². The van der Waals surface area contributed by atoms with Gasteiger partial charge in [-0.15, -0.1) is 12.4 Å². The average molecular weight is 152 g/mol. The third-order valence-corrected chi connectivity index (χ3v) is 1.71. The largest absolute Gasteiger partial charge is 0.381 e. The number of nitrogens with two attached hydrogens (primary N) is 1. The lowest BCUT2D eigenvalue weighted by molar-refractivity contribution is 0.182.